The molecule has 13 heavy (non-hydrogen) atoms. The third-order valence-corrected chi connectivity index (χ3v) is 3.18. The highest BCUT2D eigenvalue weighted by Crippen LogP contribution is 2.33. The van der Waals surface area contributed by atoms with Crippen LogP contribution < -0.4 is 0 Å². The summed E-state index contributed by atoms with van der Waals surface area (Å²) in [5, 5.41) is 9.54. The molecule has 2 heterocycles. The number of hydrogen-bond acceptors (Lipinski definition) is 2. The van der Waals surface area contributed by atoms with Crippen LogP contribution in [0.5, 0.6) is 0 Å². The lowest BCUT2D eigenvalue weighted by Crippen LogP contribution is -2.29. The maximum absolute atomic E-state index is 11.3. The zero-order chi connectivity index (χ0) is 9.42. The maximum Gasteiger partial charge on any atom is 0.222 e. The van der Waals surface area contributed by atoms with Gasteiger partial charge in [-0.3, -0.25) is 4.79 Å². The van der Waals surface area contributed by atoms with Crippen LogP contribution in [0.1, 0.15) is 19.3 Å². The van der Waals surface area contributed by atoms with E-state index in [1.165, 1.54) is 0 Å². The summed E-state index contributed by atoms with van der Waals surface area (Å²) in [6, 6.07) is 0.395. The SMILES string of the molecule is C=C[C@@H](O)[C@H]1C[C@H]2CCC(=O)N2C1. The van der Waals surface area contributed by atoms with Gasteiger partial charge < -0.3 is 10.0 Å². The number of nitrogens with zero attached hydrogens (tertiary/aromatic N) is 1. The Kier molecular flexibility index (Phi) is 2.12. The number of amides is 1. The van der Waals surface area contributed by atoms with Gasteiger partial charge in [-0.05, 0) is 12.8 Å². The van der Waals surface area contributed by atoms with Crippen LogP contribution in [-0.4, -0.2) is 34.6 Å². The molecule has 2 fully saturated rings. The Hall–Kier alpha value is -0.830. The summed E-state index contributed by atoms with van der Waals surface area (Å²) in [6.07, 6.45) is 3.73. The number of hydrogen-bond donors (Lipinski definition) is 1. The summed E-state index contributed by atoms with van der Waals surface area (Å²) in [7, 11) is 0. The predicted octanol–water partition coefficient (Wildman–Crippen LogP) is 0.544. The van der Waals surface area contributed by atoms with Gasteiger partial charge >= 0.3 is 0 Å². The highest BCUT2D eigenvalue weighted by atomic mass is 16.3. The Morgan fingerprint density at radius 2 is 2.46 bits per heavy atom. The summed E-state index contributed by atoms with van der Waals surface area (Å²) >= 11 is 0. The fourth-order valence-electron chi connectivity index (χ4n) is 2.41. The van der Waals surface area contributed by atoms with Gasteiger partial charge in [0, 0.05) is 24.9 Å². The smallest absolute Gasteiger partial charge is 0.222 e. The third kappa shape index (κ3) is 1.37. The fraction of sp³-hybridized carbons (Fsp3) is 0.700. The van der Waals surface area contributed by atoms with E-state index in [0.717, 1.165) is 19.4 Å². The number of rotatable bonds is 2. The first-order valence-electron chi connectivity index (χ1n) is 4.82. The van der Waals surface area contributed by atoms with Gasteiger partial charge in [-0.25, -0.2) is 0 Å². The first-order valence-corrected chi connectivity index (χ1v) is 4.82. The third-order valence-electron chi connectivity index (χ3n) is 3.18. The molecule has 3 heteroatoms. The molecule has 0 radical (unpaired) electrons. The number of carbonyl (C=O) groups is 1. The first-order chi connectivity index (χ1) is 6.22. The highest BCUT2D eigenvalue weighted by molar-refractivity contribution is 5.79. The predicted molar refractivity (Wildman–Crippen MR) is 49.0 cm³/mol. The van der Waals surface area contributed by atoms with Gasteiger partial charge in [-0.2, -0.15) is 0 Å². The largest absolute Gasteiger partial charge is 0.389 e. The summed E-state index contributed by atoms with van der Waals surface area (Å²) in [4.78, 5) is 13.2. The number of fused-ring (bicyclic) bond motifs is 1. The highest BCUT2D eigenvalue weighted by Gasteiger charge is 2.41. The summed E-state index contributed by atoms with van der Waals surface area (Å²) in [5.74, 6) is 0.468. The van der Waals surface area contributed by atoms with Crippen molar-refractivity contribution in [3.8, 4) is 0 Å². The lowest BCUT2D eigenvalue weighted by atomic mass is 9.97. The minimum atomic E-state index is -0.446. The van der Waals surface area contributed by atoms with Crippen LogP contribution in [0, 0.1) is 5.92 Å². The van der Waals surface area contributed by atoms with Crippen LogP contribution in [0.4, 0.5) is 0 Å². The Morgan fingerprint density at radius 3 is 3.08 bits per heavy atom. The van der Waals surface area contributed by atoms with Crippen LogP contribution in [0.3, 0.4) is 0 Å². The molecule has 0 unspecified atom stereocenters. The molecule has 3 nitrogen and oxygen atoms in total. The van der Waals surface area contributed by atoms with E-state index < -0.39 is 6.10 Å². The monoisotopic (exact) mass is 181 g/mol. The van der Waals surface area contributed by atoms with Crippen molar-refractivity contribution in [3.63, 3.8) is 0 Å². The van der Waals surface area contributed by atoms with Crippen LogP contribution in [0.25, 0.3) is 0 Å². The van der Waals surface area contributed by atoms with Gasteiger partial charge in [0.15, 0.2) is 0 Å². The number of carbonyl (C=O) groups excluding carboxylic acids is 1. The van der Waals surface area contributed by atoms with E-state index in [1.807, 2.05) is 4.90 Å². The van der Waals surface area contributed by atoms with Crippen LogP contribution in [0.15, 0.2) is 12.7 Å². The van der Waals surface area contributed by atoms with Gasteiger partial charge in [0.05, 0.1) is 6.10 Å². The quantitative estimate of drug-likeness (QED) is 0.632. The molecule has 0 aromatic carbocycles. The second-order valence-electron chi connectivity index (χ2n) is 3.96. The molecule has 0 bridgehead atoms. The Bertz CT molecular complexity index is 239. The van der Waals surface area contributed by atoms with Crippen LogP contribution in [-0.2, 0) is 4.79 Å². The molecule has 0 aromatic rings. The summed E-state index contributed by atoms with van der Waals surface area (Å²) in [5.41, 5.74) is 0. The molecule has 72 valence electrons. The molecule has 1 N–H and O–H groups in total. The molecule has 3 atom stereocenters. The normalized spacial score (nSPS) is 34.8. The molecular formula is C10H15NO2. The fourth-order valence-corrected chi connectivity index (χ4v) is 2.41. The molecule has 0 aliphatic carbocycles. The van der Waals surface area contributed by atoms with E-state index >= 15 is 0 Å². The molecule has 0 saturated carbocycles. The molecular weight excluding hydrogens is 166 g/mol. The number of aliphatic hydroxyl groups excluding tert-OH is 1. The van der Waals surface area contributed by atoms with Crippen molar-refractivity contribution in [2.75, 3.05) is 6.54 Å². The standard InChI is InChI=1S/C10H15NO2/c1-2-9(12)7-5-8-3-4-10(13)11(8)6-7/h2,7-9,12H,1,3-6H2/t7-,8+,9+/m0/s1. The second-order valence-corrected chi connectivity index (χ2v) is 3.96. The Balaban J connectivity index is 2.02. The van der Waals surface area contributed by atoms with Crippen molar-refractivity contribution in [1.82, 2.24) is 4.90 Å². The van der Waals surface area contributed by atoms with E-state index in [9.17, 15) is 9.90 Å². The van der Waals surface area contributed by atoms with Crippen molar-refractivity contribution in [3.05, 3.63) is 12.7 Å². The molecule has 0 aromatic heterocycles. The maximum atomic E-state index is 11.3. The summed E-state index contributed by atoms with van der Waals surface area (Å²) < 4.78 is 0. The lowest BCUT2D eigenvalue weighted by Gasteiger charge is -2.15. The minimum Gasteiger partial charge on any atom is -0.389 e. The van der Waals surface area contributed by atoms with Crippen molar-refractivity contribution in [2.24, 2.45) is 5.92 Å². The van der Waals surface area contributed by atoms with Crippen molar-refractivity contribution >= 4 is 5.91 Å². The zero-order valence-electron chi connectivity index (χ0n) is 7.65. The van der Waals surface area contributed by atoms with Gasteiger partial charge in [-0.15, -0.1) is 6.58 Å². The minimum absolute atomic E-state index is 0.215. The second kappa shape index (κ2) is 3.14. The van der Waals surface area contributed by atoms with E-state index in [2.05, 4.69) is 6.58 Å². The number of aliphatic hydroxyl groups is 1. The van der Waals surface area contributed by atoms with Crippen molar-refractivity contribution in [2.45, 2.75) is 31.4 Å². The molecule has 2 aliphatic heterocycles. The average molecular weight is 181 g/mol. The van der Waals surface area contributed by atoms with Crippen LogP contribution in [0.2, 0.25) is 0 Å². The van der Waals surface area contributed by atoms with Gasteiger partial charge in [0.1, 0.15) is 0 Å². The summed E-state index contributed by atoms with van der Waals surface area (Å²) in [6.45, 7) is 4.28. The Morgan fingerprint density at radius 1 is 1.69 bits per heavy atom. The van der Waals surface area contributed by atoms with E-state index in [-0.39, 0.29) is 11.8 Å². The van der Waals surface area contributed by atoms with Crippen LogP contribution >= 0.6 is 0 Å². The van der Waals surface area contributed by atoms with Gasteiger partial charge in [-0.1, -0.05) is 6.08 Å². The molecule has 0 spiro atoms. The van der Waals surface area contributed by atoms with E-state index in [0.29, 0.717) is 12.5 Å². The van der Waals surface area contributed by atoms with Gasteiger partial charge in [0.25, 0.3) is 0 Å². The lowest BCUT2D eigenvalue weighted by molar-refractivity contribution is -0.128. The molecule has 2 aliphatic rings. The van der Waals surface area contributed by atoms with E-state index in [4.69, 9.17) is 0 Å². The zero-order valence-corrected chi connectivity index (χ0v) is 7.65. The van der Waals surface area contributed by atoms with Crippen molar-refractivity contribution in [1.29, 1.82) is 0 Å². The average Bonchev–Trinajstić information content (AvgIpc) is 2.67. The molecule has 1 amide bonds. The van der Waals surface area contributed by atoms with Gasteiger partial charge in [0.2, 0.25) is 5.91 Å². The topological polar surface area (TPSA) is 40.5 Å². The Labute approximate surface area is 78.0 Å². The molecule has 2 saturated heterocycles. The first kappa shape index (κ1) is 8.75. The van der Waals surface area contributed by atoms with E-state index in [1.54, 1.807) is 6.08 Å². The molecule has 2 rings (SSSR count). The van der Waals surface area contributed by atoms with Crippen molar-refractivity contribution < 1.29 is 9.90 Å².